The number of nitrogens with zero attached hydrogens (tertiary/aromatic N) is 1. The number of rotatable bonds is 5. The van der Waals surface area contributed by atoms with Gasteiger partial charge in [-0.15, -0.1) is 0 Å². The summed E-state index contributed by atoms with van der Waals surface area (Å²) in [7, 11) is -3.57. The molecule has 5 heteroatoms. The second-order valence-corrected chi connectivity index (χ2v) is 6.45. The van der Waals surface area contributed by atoms with E-state index in [0.717, 1.165) is 11.1 Å². The molecule has 0 amide bonds. The summed E-state index contributed by atoms with van der Waals surface area (Å²) in [5.74, 6) is 0. The van der Waals surface area contributed by atoms with Crippen molar-refractivity contribution in [2.24, 2.45) is 0 Å². The largest absolute Gasteiger partial charge is 0.241 e. The molecule has 0 saturated heterocycles. The van der Waals surface area contributed by atoms with Gasteiger partial charge in [-0.3, -0.25) is 0 Å². The standard InChI is InChI=1S/C16H16N2O2S/c1-13(15-5-3-2-4-6-15)18-21(19,20)16-9-7-14(8-10-16)11-12-17/h2-10,13,18H,11H2,1H3. The summed E-state index contributed by atoms with van der Waals surface area (Å²) in [5, 5.41) is 8.61. The Bertz CT molecular complexity index is 732. The van der Waals surface area contributed by atoms with Crippen molar-refractivity contribution >= 4 is 10.0 Å². The van der Waals surface area contributed by atoms with E-state index in [1.54, 1.807) is 19.1 Å². The van der Waals surface area contributed by atoms with Gasteiger partial charge in [0.25, 0.3) is 0 Å². The zero-order valence-corrected chi connectivity index (χ0v) is 12.5. The number of benzene rings is 2. The number of nitriles is 1. The number of sulfonamides is 1. The highest BCUT2D eigenvalue weighted by atomic mass is 32.2. The predicted octanol–water partition coefficient (Wildman–Crippen LogP) is 2.79. The van der Waals surface area contributed by atoms with Gasteiger partial charge < -0.3 is 0 Å². The van der Waals surface area contributed by atoms with E-state index in [1.807, 2.05) is 36.4 Å². The molecule has 0 aliphatic heterocycles. The van der Waals surface area contributed by atoms with Crippen LogP contribution in [0.25, 0.3) is 0 Å². The lowest BCUT2D eigenvalue weighted by molar-refractivity contribution is 0.567. The SMILES string of the molecule is CC(NS(=O)(=O)c1ccc(CC#N)cc1)c1ccccc1. The van der Waals surface area contributed by atoms with Gasteiger partial charge in [-0.05, 0) is 30.2 Å². The van der Waals surface area contributed by atoms with Gasteiger partial charge in [0.2, 0.25) is 10.0 Å². The first-order valence-corrected chi connectivity index (χ1v) is 8.04. The third kappa shape index (κ3) is 3.91. The summed E-state index contributed by atoms with van der Waals surface area (Å²) < 4.78 is 27.3. The maximum absolute atomic E-state index is 12.3. The van der Waals surface area contributed by atoms with Gasteiger partial charge in [0.1, 0.15) is 0 Å². The molecule has 1 N–H and O–H groups in total. The first-order chi connectivity index (χ1) is 10.0. The van der Waals surface area contributed by atoms with Gasteiger partial charge in [-0.2, -0.15) is 5.26 Å². The van der Waals surface area contributed by atoms with Crippen LogP contribution in [0, 0.1) is 11.3 Å². The number of nitrogens with one attached hydrogen (secondary N) is 1. The van der Waals surface area contributed by atoms with E-state index in [4.69, 9.17) is 5.26 Å². The molecule has 0 fully saturated rings. The van der Waals surface area contributed by atoms with Gasteiger partial charge in [-0.25, -0.2) is 13.1 Å². The highest BCUT2D eigenvalue weighted by Gasteiger charge is 2.18. The van der Waals surface area contributed by atoms with Crippen molar-refractivity contribution in [2.75, 3.05) is 0 Å². The Hall–Kier alpha value is -2.16. The third-order valence-corrected chi connectivity index (χ3v) is 4.70. The molecule has 0 spiro atoms. The highest BCUT2D eigenvalue weighted by Crippen LogP contribution is 2.17. The van der Waals surface area contributed by atoms with Gasteiger partial charge in [0, 0.05) is 6.04 Å². The Morgan fingerprint density at radius 2 is 1.71 bits per heavy atom. The fourth-order valence-electron chi connectivity index (χ4n) is 1.99. The fourth-order valence-corrected chi connectivity index (χ4v) is 3.22. The summed E-state index contributed by atoms with van der Waals surface area (Å²) >= 11 is 0. The molecule has 0 aliphatic rings. The van der Waals surface area contributed by atoms with Crippen molar-refractivity contribution in [3.05, 3.63) is 65.7 Å². The van der Waals surface area contributed by atoms with Crippen molar-refractivity contribution in [2.45, 2.75) is 24.3 Å². The maximum Gasteiger partial charge on any atom is 0.241 e. The van der Waals surface area contributed by atoms with Crippen LogP contribution in [-0.4, -0.2) is 8.42 Å². The summed E-state index contributed by atoms with van der Waals surface area (Å²) in [6.45, 7) is 1.80. The van der Waals surface area contributed by atoms with E-state index in [2.05, 4.69) is 4.72 Å². The zero-order valence-electron chi connectivity index (χ0n) is 11.7. The first kappa shape index (κ1) is 15.2. The molecule has 1 unspecified atom stereocenters. The Morgan fingerprint density at radius 3 is 2.29 bits per heavy atom. The molecular weight excluding hydrogens is 284 g/mol. The molecule has 0 aromatic heterocycles. The van der Waals surface area contributed by atoms with Crippen LogP contribution in [0.4, 0.5) is 0 Å². The van der Waals surface area contributed by atoms with Crippen LogP contribution >= 0.6 is 0 Å². The van der Waals surface area contributed by atoms with Gasteiger partial charge in [0.15, 0.2) is 0 Å². The average molecular weight is 300 g/mol. The minimum Gasteiger partial charge on any atom is -0.207 e. The van der Waals surface area contributed by atoms with E-state index in [9.17, 15) is 8.42 Å². The Balaban J connectivity index is 2.17. The Labute approximate surface area is 125 Å². The number of hydrogen-bond donors (Lipinski definition) is 1. The summed E-state index contributed by atoms with van der Waals surface area (Å²) in [4.78, 5) is 0.201. The van der Waals surface area contributed by atoms with Crippen LogP contribution < -0.4 is 4.72 Å². The molecule has 0 saturated carbocycles. The maximum atomic E-state index is 12.3. The smallest absolute Gasteiger partial charge is 0.207 e. The topological polar surface area (TPSA) is 70.0 Å². The summed E-state index contributed by atoms with van der Waals surface area (Å²) in [5.41, 5.74) is 1.70. The molecule has 0 heterocycles. The second kappa shape index (κ2) is 6.53. The molecule has 0 aliphatic carbocycles. The van der Waals surface area contributed by atoms with E-state index in [0.29, 0.717) is 0 Å². The van der Waals surface area contributed by atoms with Crippen LogP contribution in [0.3, 0.4) is 0 Å². The number of hydrogen-bond acceptors (Lipinski definition) is 3. The van der Waals surface area contributed by atoms with E-state index >= 15 is 0 Å². The highest BCUT2D eigenvalue weighted by molar-refractivity contribution is 7.89. The minimum atomic E-state index is -3.57. The minimum absolute atomic E-state index is 0.201. The van der Waals surface area contributed by atoms with Gasteiger partial charge in [-0.1, -0.05) is 42.5 Å². The molecule has 0 bridgehead atoms. The molecule has 21 heavy (non-hydrogen) atoms. The van der Waals surface area contributed by atoms with E-state index in [1.165, 1.54) is 12.1 Å². The predicted molar refractivity (Wildman–Crippen MR) is 80.9 cm³/mol. The zero-order chi connectivity index (χ0) is 15.3. The monoisotopic (exact) mass is 300 g/mol. The normalized spacial score (nSPS) is 12.6. The molecule has 2 aromatic rings. The second-order valence-electron chi connectivity index (χ2n) is 4.73. The van der Waals surface area contributed by atoms with Crippen molar-refractivity contribution in [1.82, 2.24) is 4.72 Å². The lowest BCUT2D eigenvalue weighted by atomic mass is 10.1. The lowest BCUT2D eigenvalue weighted by Crippen LogP contribution is -2.26. The summed E-state index contributed by atoms with van der Waals surface area (Å²) in [6, 6.07) is 17.5. The Kier molecular flexibility index (Phi) is 4.73. The third-order valence-electron chi connectivity index (χ3n) is 3.15. The first-order valence-electron chi connectivity index (χ1n) is 6.56. The van der Waals surface area contributed by atoms with Crippen LogP contribution in [0.2, 0.25) is 0 Å². The van der Waals surface area contributed by atoms with Crippen LogP contribution in [0.15, 0.2) is 59.5 Å². The summed E-state index contributed by atoms with van der Waals surface area (Å²) in [6.07, 6.45) is 0.272. The van der Waals surface area contributed by atoms with Crippen LogP contribution in [-0.2, 0) is 16.4 Å². The molecule has 108 valence electrons. The van der Waals surface area contributed by atoms with E-state index in [-0.39, 0.29) is 17.4 Å². The molecule has 0 radical (unpaired) electrons. The molecule has 2 rings (SSSR count). The van der Waals surface area contributed by atoms with Crippen LogP contribution in [0.1, 0.15) is 24.1 Å². The molecule has 2 aromatic carbocycles. The average Bonchev–Trinajstić information content (AvgIpc) is 2.48. The van der Waals surface area contributed by atoms with Gasteiger partial charge >= 0.3 is 0 Å². The molecule has 1 atom stereocenters. The quantitative estimate of drug-likeness (QED) is 0.923. The fraction of sp³-hybridized carbons (Fsp3) is 0.188. The van der Waals surface area contributed by atoms with E-state index < -0.39 is 10.0 Å². The molecular formula is C16H16N2O2S. The van der Waals surface area contributed by atoms with Crippen molar-refractivity contribution < 1.29 is 8.42 Å². The molecule has 4 nitrogen and oxygen atoms in total. The van der Waals surface area contributed by atoms with Crippen molar-refractivity contribution in [3.8, 4) is 6.07 Å². The van der Waals surface area contributed by atoms with Crippen LogP contribution in [0.5, 0.6) is 0 Å². The Morgan fingerprint density at radius 1 is 1.10 bits per heavy atom. The van der Waals surface area contributed by atoms with Gasteiger partial charge in [0.05, 0.1) is 17.4 Å². The van der Waals surface area contributed by atoms with Crippen molar-refractivity contribution in [3.63, 3.8) is 0 Å². The van der Waals surface area contributed by atoms with Crippen molar-refractivity contribution in [1.29, 1.82) is 5.26 Å². The lowest BCUT2D eigenvalue weighted by Gasteiger charge is -2.14.